The molecule has 2 atom stereocenters. The van der Waals surface area contributed by atoms with Crippen molar-refractivity contribution in [1.82, 2.24) is 19.9 Å². The van der Waals surface area contributed by atoms with Crippen molar-refractivity contribution in [3.8, 4) is 5.75 Å². The molecular formula is C24H31FN4O2. The Morgan fingerprint density at radius 1 is 1.26 bits per heavy atom. The highest BCUT2D eigenvalue weighted by Crippen LogP contribution is 2.39. The molecule has 1 fully saturated rings. The lowest BCUT2D eigenvalue weighted by Crippen LogP contribution is -2.40. The molecule has 0 radical (unpaired) electrons. The van der Waals surface area contributed by atoms with Crippen LogP contribution in [0.15, 0.2) is 23.0 Å². The molecule has 1 N–H and O–H groups in total. The van der Waals surface area contributed by atoms with Gasteiger partial charge in [-0.25, -0.2) is 9.37 Å². The molecule has 31 heavy (non-hydrogen) atoms. The summed E-state index contributed by atoms with van der Waals surface area (Å²) >= 11 is 0. The monoisotopic (exact) mass is 426 g/mol. The number of rotatable bonds is 4. The number of nitrogens with zero attached hydrogens (tertiary/aromatic N) is 3. The minimum absolute atomic E-state index is 0.121. The molecule has 3 aliphatic rings. The average molecular weight is 427 g/mol. The predicted octanol–water partition coefficient (Wildman–Crippen LogP) is 3.48. The minimum atomic E-state index is -0.270. The van der Waals surface area contributed by atoms with Gasteiger partial charge in [-0.15, -0.1) is 5.48 Å². The molecule has 0 spiro atoms. The third-order valence-electron chi connectivity index (χ3n) is 7.34. The van der Waals surface area contributed by atoms with E-state index in [9.17, 15) is 9.18 Å². The van der Waals surface area contributed by atoms with Gasteiger partial charge in [0.05, 0.1) is 6.04 Å². The van der Waals surface area contributed by atoms with Gasteiger partial charge in [0.1, 0.15) is 11.6 Å². The van der Waals surface area contributed by atoms with Crippen molar-refractivity contribution in [2.24, 2.45) is 5.92 Å². The van der Waals surface area contributed by atoms with Gasteiger partial charge in [-0.2, -0.15) is 0 Å². The summed E-state index contributed by atoms with van der Waals surface area (Å²) in [5.41, 5.74) is 6.10. The predicted molar refractivity (Wildman–Crippen MR) is 117 cm³/mol. The molecule has 2 unspecified atom stereocenters. The van der Waals surface area contributed by atoms with E-state index in [0.29, 0.717) is 11.7 Å². The fourth-order valence-electron chi connectivity index (χ4n) is 5.51. The topological polar surface area (TPSA) is 59.4 Å². The lowest BCUT2D eigenvalue weighted by Gasteiger charge is -2.34. The molecule has 2 aromatic rings. The van der Waals surface area contributed by atoms with Crippen LogP contribution in [-0.4, -0.2) is 34.1 Å². The average Bonchev–Trinajstić information content (AvgIpc) is 3.17. The number of hydrogen-bond donors (Lipinski definition) is 1. The Kier molecular flexibility index (Phi) is 5.56. The summed E-state index contributed by atoms with van der Waals surface area (Å²) in [7, 11) is 0. The highest BCUT2D eigenvalue weighted by atomic mass is 19.1. The molecule has 0 bridgehead atoms. The summed E-state index contributed by atoms with van der Waals surface area (Å²) in [5.74, 6) is 1.75. The van der Waals surface area contributed by atoms with E-state index in [-0.39, 0.29) is 23.5 Å². The molecule has 3 aliphatic heterocycles. The quantitative estimate of drug-likeness (QED) is 0.811. The van der Waals surface area contributed by atoms with Crippen LogP contribution in [0.3, 0.4) is 0 Å². The molecule has 4 heterocycles. The number of benzene rings is 1. The molecule has 0 amide bonds. The van der Waals surface area contributed by atoms with Gasteiger partial charge in [0.25, 0.3) is 5.56 Å². The summed E-state index contributed by atoms with van der Waals surface area (Å²) < 4.78 is 15.4. The van der Waals surface area contributed by atoms with Crippen LogP contribution in [0.4, 0.5) is 4.39 Å². The number of hydrogen-bond acceptors (Lipinski definition) is 5. The first kappa shape index (κ1) is 20.6. The zero-order valence-electron chi connectivity index (χ0n) is 18.4. The first-order valence-corrected chi connectivity index (χ1v) is 11.6. The third kappa shape index (κ3) is 3.89. The van der Waals surface area contributed by atoms with Crippen molar-refractivity contribution in [2.75, 3.05) is 19.6 Å². The second-order valence-corrected chi connectivity index (χ2v) is 9.32. The highest BCUT2D eigenvalue weighted by molar-refractivity contribution is 5.39. The van der Waals surface area contributed by atoms with Crippen LogP contribution in [0.2, 0.25) is 0 Å². The zero-order chi connectivity index (χ0) is 21.5. The number of nitrogens with one attached hydrogen (secondary N) is 1. The van der Waals surface area contributed by atoms with Crippen molar-refractivity contribution in [3.63, 3.8) is 0 Å². The van der Waals surface area contributed by atoms with Gasteiger partial charge in [0.2, 0.25) is 0 Å². The summed E-state index contributed by atoms with van der Waals surface area (Å²) in [4.78, 5) is 25.9. The van der Waals surface area contributed by atoms with Crippen LogP contribution >= 0.6 is 0 Å². The number of aromatic nitrogens is 2. The number of hydroxylamine groups is 1. The van der Waals surface area contributed by atoms with Gasteiger partial charge in [0.15, 0.2) is 5.75 Å². The summed E-state index contributed by atoms with van der Waals surface area (Å²) in [5, 5.41) is 0. The number of likely N-dealkylation sites (tertiary alicyclic amines) is 1. The van der Waals surface area contributed by atoms with E-state index >= 15 is 0 Å². The fourth-order valence-corrected chi connectivity index (χ4v) is 5.51. The second-order valence-electron chi connectivity index (χ2n) is 9.32. The molecule has 7 heteroatoms. The van der Waals surface area contributed by atoms with Crippen molar-refractivity contribution >= 4 is 0 Å². The lowest BCUT2D eigenvalue weighted by molar-refractivity contribution is 0.112. The van der Waals surface area contributed by atoms with E-state index in [1.165, 1.54) is 12.1 Å². The van der Waals surface area contributed by atoms with Crippen LogP contribution in [0, 0.1) is 18.7 Å². The molecule has 0 aliphatic carbocycles. The summed E-state index contributed by atoms with van der Waals surface area (Å²) in [6, 6.07) is 5.16. The number of aryl methyl sites for hydroxylation is 2. The van der Waals surface area contributed by atoms with Gasteiger partial charge in [-0.05, 0) is 71.0 Å². The van der Waals surface area contributed by atoms with E-state index < -0.39 is 0 Å². The van der Waals surface area contributed by atoms with E-state index in [1.807, 2.05) is 17.6 Å². The Morgan fingerprint density at radius 2 is 2.06 bits per heavy atom. The summed E-state index contributed by atoms with van der Waals surface area (Å²) in [6.45, 7) is 6.98. The maximum Gasteiger partial charge on any atom is 0.257 e. The van der Waals surface area contributed by atoms with E-state index in [4.69, 9.17) is 9.82 Å². The highest BCUT2D eigenvalue weighted by Gasteiger charge is 2.34. The van der Waals surface area contributed by atoms with Crippen LogP contribution in [0.1, 0.15) is 67.3 Å². The number of piperidine rings is 1. The van der Waals surface area contributed by atoms with Crippen molar-refractivity contribution in [3.05, 3.63) is 57.0 Å². The minimum Gasteiger partial charge on any atom is -0.408 e. The SMILES string of the molecule is Cc1nc2n(c(=O)c1CCN1CCC(C3NOc4cc(F)ccc43)CC1)C(C)CCC2. The van der Waals surface area contributed by atoms with Gasteiger partial charge >= 0.3 is 0 Å². The Hall–Kier alpha value is -2.25. The number of halogens is 1. The molecule has 1 aromatic heterocycles. The van der Waals surface area contributed by atoms with E-state index in [2.05, 4.69) is 17.3 Å². The Morgan fingerprint density at radius 3 is 2.87 bits per heavy atom. The van der Waals surface area contributed by atoms with E-state index in [1.54, 1.807) is 0 Å². The molecule has 1 aromatic carbocycles. The van der Waals surface area contributed by atoms with Crippen molar-refractivity contribution in [2.45, 2.75) is 64.5 Å². The zero-order valence-corrected chi connectivity index (χ0v) is 18.4. The van der Waals surface area contributed by atoms with Crippen LogP contribution in [-0.2, 0) is 12.8 Å². The maximum atomic E-state index is 13.4. The van der Waals surface area contributed by atoms with Gasteiger partial charge in [-0.3, -0.25) is 9.36 Å². The molecule has 166 valence electrons. The fraction of sp³-hybridized carbons (Fsp3) is 0.583. The second kappa shape index (κ2) is 8.36. The molecule has 5 rings (SSSR count). The van der Waals surface area contributed by atoms with Crippen LogP contribution in [0.25, 0.3) is 0 Å². The Labute approximate surface area is 182 Å². The van der Waals surface area contributed by atoms with Crippen molar-refractivity contribution < 1.29 is 9.23 Å². The lowest BCUT2D eigenvalue weighted by atomic mass is 9.86. The molecular weight excluding hydrogens is 395 g/mol. The Balaban J connectivity index is 1.21. The van der Waals surface area contributed by atoms with Gasteiger partial charge in [-0.1, -0.05) is 6.07 Å². The van der Waals surface area contributed by atoms with Crippen LogP contribution < -0.4 is 15.9 Å². The standard InChI is InChI=1S/C24H31FN4O2/c1-15-4-3-5-22-26-16(2)19(24(30)29(15)22)10-13-28-11-8-17(9-12-28)23-20-7-6-18(25)14-21(20)31-27-23/h6-7,14-15,17,23,27H,3-5,8-13H2,1-2H3. The Bertz CT molecular complexity index is 1030. The molecule has 1 saturated heterocycles. The van der Waals surface area contributed by atoms with Gasteiger partial charge < -0.3 is 9.74 Å². The van der Waals surface area contributed by atoms with Gasteiger partial charge in [0, 0.05) is 41.9 Å². The molecule has 6 nitrogen and oxygen atoms in total. The third-order valence-corrected chi connectivity index (χ3v) is 7.34. The first-order valence-electron chi connectivity index (χ1n) is 11.6. The van der Waals surface area contributed by atoms with E-state index in [0.717, 1.165) is 80.8 Å². The molecule has 0 saturated carbocycles. The smallest absolute Gasteiger partial charge is 0.257 e. The van der Waals surface area contributed by atoms with Crippen LogP contribution in [0.5, 0.6) is 5.75 Å². The summed E-state index contributed by atoms with van der Waals surface area (Å²) in [6.07, 6.45) is 5.93. The largest absolute Gasteiger partial charge is 0.408 e. The maximum absolute atomic E-state index is 13.4. The first-order chi connectivity index (χ1) is 15.0. The normalized spacial score (nSPS) is 24.0. The number of fused-ring (bicyclic) bond motifs is 2. The van der Waals surface area contributed by atoms with Crippen molar-refractivity contribution in [1.29, 1.82) is 0 Å².